The normalized spacial score (nSPS) is 39.6. The van der Waals surface area contributed by atoms with Gasteiger partial charge in [0.2, 0.25) is 5.79 Å². The van der Waals surface area contributed by atoms with Crippen LogP contribution < -0.4 is 0 Å². The van der Waals surface area contributed by atoms with Gasteiger partial charge in [-0.2, -0.15) is 0 Å². The van der Waals surface area contributed by atoms with Crippen molar-refractivity contribution in [2.45, 2.75) is 186 Å². The Bertz CT molecular complexity index is 2080. The molecule has 6 aliphatic rings. The Morgan fingerprint density at radius 3 is 2.30 bits per heavy atom. The minimum Gasteiger partial charge on any atom is -0.460 e. The number of likely N-dealkylation sites (tertiary alicyclic amines) is 1. The van der Waals surface area contributed by atoms with Gasteiger partial charge >= 0.3 is 11.9 Å². The first-order valence-electron chi connectivity index (χ1n) is 27.8. The largest absolute Gasteiger partial charge is 0.460 e. The van der Waals surface area contributed by atoms with Crippen molar-refractivity contribution in [2.24, 2.45) is 47.3 Å². The highest BCUT2D eigenvalue weighted by Crippen LogP contribution is 2.46. The van der Waals surface area contributed by atoms with Crippen LogP contribution in [0.3, 0.4) is 0 Å². The van der Waals surface area contributed by atoms with Crippen molar-refractivity contribution in [3.63, 3.8) is 0 Å². The number of carbonyl (C=O) groups excluding carboxylic acids is 6. The number of carbonyl (C=O) groups is 6. The van der Waals surface area contributed by atoms with Crippen LogP contribution in [-0.2, 0) is 52.5 Å². The second-order valence-electron chi connectivity index (χ2n) is 22.9. The van der Waals surface area contributed by atoms with Gasteiger partial charge < -0.3 is 43.9 Å². The molecule has 15 atom stereocenters. The quantitative estimate of drug-likeness (QED) is 0.129. The molecular formula is C58H88N2O14. The number of ketones is 3. The van der Waals surface area contributed by atoms with Crippen molar-refractivity contribution in [1.29, 1.82) is 0 Å². The Labute approximate surface area is 439 Å². The fourth-order valence-corrected chi connectivity index (χ4v) is 12.8. The summed E-state index contributed by atoms with van der Waals surface area (Å²) in [5.74, 6) is -8.34. The first kappa shape index (κ1) is 59.3. The van der Waals surface area contributed by atoms with Gasteiger partial charge in [-0.1, -0.05) is 69.7 Å². The minimum atomic E-state index is -2.39. The van der Waals surface area contributed by atoms with E-state index >= 15 is 0 Å². The van der Waals surface area contributed by atoms with Gasteiger partial charge in [0.15, 0.2) is 5.78 Å². The van der Waals surface area contributed by atoms with Crippen molar-refractivity contribution in [2.75, 3.05) is 47.0 Å². The van der Waals surface area contributed by atoms with Crippen LogP contribution in [0, 0.1) is 47.3 Å². The van der Waals surface area contributed by atoms with E-state index < -0.39 is 95.7 Å². The van der Waals surface area contributed by atoms with Gasteiger partial charge in [0, 0.05) is 57.5 Å². The van der Waals surface area contributed by atoms with E-state index in [1.807, 2.05) is 51.2 Å². The molecule has 0 aromatic carbocycles. The number of rotatable bonds is 9. The molecule has 5 fully saturated rings. The van der Waals surface area contributed by atoms with Crippen LogP contribution in [0.2, 0.25) is 0 Å². The summed E-state index contributed by atoms with van der Waals surface area (Å²) < 4.78 is 30.1. The molecule has 74 heavy (non-hydrogen) atoms. The van der Waals surface area contributed by atoms with Crippen molar-refractivity contribution < 1.29 is 67.8 Å². The molecule has 0 aromatic heterocycles. The van der Waals surface area contributed by atoms with E-state index in [0.29, 0.717) is 82.1 Å². The predicted octanol–water partition coefficient (Wildman–Crippen LogP) is 6.42. The second-order valence-corrected chi connectivity index (χ2v) is 22.9. The van der Waals surface area contributed by atoms with E-state index in [9.17, 15) is 44.1 Å². The molecule has 8 unspecified atom stereocenters. The van der Waals surface area contributed by atoms with Gasteiger partial charge in [-0.3, -0.25) is 28.9 Å². The molecule has 4 bridgehead atoms. The summed E-state index contributed by atoms with van der Waals surface area (Å²) in [7, 11) is 2.99. The van der Waals surface area contributed by atoms with Gasteiger partial charge in [0.05, 0.1) is 18.8 Å². The molecule has 3 N–H and O–H groups in total. The highest BCUT2D eigenvalue weighted by Gasteiger charge is 2.57. The van der Waals surface area contributed by atoms with Gasteiger partial charge in [0.25, 0.3) is 11.7 Å². The lowest BCUT2D eigenvalue weighted by atomic mass is 9.68. The molecule has 4 saturated heterocycles. The Hall–Kier alpha value is -3.90. The predicted molar refractivity (Wildman–Crippen MR) is 277 cm³/mol. The molecule has 1 amide bonds. The molecule has 6 rings (SSSR count). The molecule has 0 spiro atoms. The van der Waals surface area contributed by atoms with Crippen molar-refractivity contribution in [1.82, 2.24) is 9.80 Å². The maximum absolute atomic E-state index is 14.6. The minimum absolute atomic E-state index is 0.00475. The van der Waals surface area contributed by atoms with Gasteiger partial charge in [0.1, 0.15) is 36.2 Å². The Balaban J connectivity index is 1.26. The van der Waals surface area contributed by atoms with Gasteiger partial charge in [-0.15, -0.1) is 0 Å². The fraction of sp³-hybridized carbons (Fsp3) is 0.759. The molecule has 0 aromatic rings. The van der Waals surface area contributed by atoms with Crippen LogP contribution in [0.15, 0.2) is 47.6 Å². The van der Waals surface area contributed by atoms with Crippen molar-refractivity contribution in [3.05, 3.63) is 47.6 Å². The number of methoxy groups -OCH3 is 2. The number of esters is 2. The number of aliphatic hydroxyl groups excluding tert-OH is 2. The summed E-state index contributed by atoms with van der Waals surface area (Å²) in [6.07, 6.45) is 15.0. The van der Waals surface area contributed by atoms with E-state index in [2.05, 4.69) is 4.90 Å². The number of amides is 1. The number of hydrogen-bond donors (Lipinski definition) is 3. The first-order valence-corrected chi connectivity index (χ1v) is 27.8. The number of piperidine rings is 2. The SMILES string of the molecule is COC1CC(C[C@H]2C3CCCN4C(=O)C(=O)C5(O)O[C@H](CC/C(C)=C/C=C/C=C/[C@@H](C)CC(C)C(=O)[C@H](OC)C(O)/C(C)=C/[C@@H](C)C(=O)C[C@@H]2OC(=O)C34)CCC5C)CC[C@H]1OC(=O)CN1CCC(CCO)CC1. The smallest absolute Gasteiger partial charge is 0.329 e. The van der Waals surface area contributed by atoms with Crippen molar-refractivity contribution in [3.8, 4) is 0 Å². The molecule has 0 radical (unpaired) electrons. The van der Waals surface area contributed by atoms with Crippen LogP contribution in [0.4, 0.5) is 0 Å². The first-order chi connectivity index (χ1) is 35.3. The lowest BCUT2D eigenvalue weighted by molar-refractivity contribution is -0.263. The average molecular weight is 1040 g/mol. The highest BCUT2D eigenvalue weighted by molar-refractivity contribution is 6.39. The Morgan fingerprint density at radius 1 is 0.851 bits per heavy atom. The Morgan fingerprint density at radius 2 is 1.59 bits per heavy atom. The number of hydrogen-bond acceptors (Lipinski definition) is 15. The number of fused-ring (bicyclic) bond motifs is 4. The zero-order chi connectivity index (χ0) is 53.9. The van der Waals surface area contributed by atoms with E-state index in [4.69, 9.17) is 23.7 Å². The van der Waals surface area contributed by atoms with E-state index in [1.54, 1.807) is 34.0 Å². The van der Waals surface area contributed by atoms with Crippen LogP contribution in [0.1, 0.15) is 138 Å². The third-order valence-electron chi connectivity index (χ3n) is 17.4. The average Bonchev–Trinajstić information content (AvgIpc) is 3.37. The standard InChI is InChI=1S/C58H88N2O14/c1-35-13-10-9-11-14-36(2)29-38(4)52(64)54(71-8)53(65)39(5)30-37(3)46(62)33-48-45(31-42-18-21-47(49(32-42)70-7)72-50(63)34-59-26-22-41(23-27-59)24-28-61)44-15-12-25-60(51(44)57(68)73-48)56(67)55(66)58(69)40(6)17-20-43(74-58)19-16-35/h9-11,13-14,30,36-38,40-45,47-49,51,53-54,61,65,69H,12,15-29,31-34H2,1-8H3/b10-9+,14-11+,35-13+,39-30+/t36-,37-,38?,40?,42?,43-,44?,45+,47-,48+,49?,51?,53?,54+,58?/m1/s1. The van der Waals surface area contributed by atoms with Gasteiger partial charge in [-0.25, -0.2) is 4.79 Å². The molecule has 16 heteroatoms. The number of Topliss-reactive ketones (excluding diaryl/α,β-unsaturated/α-hetero) is 3. The third kappa shape index (κ3) is 15.0. The second kappa shape index (κ2) is 27.4. The van der Waals surface area contributed by atoms with E-state index in [1.165, 1.54) is 12.0 Å². The third-order valence-corrected chi connectivity index (χ3v) is 17.4. The fourth-order valence-electron chi connectivity index (χ4n) is 12.8. The van der Waals surface area contributed by atoms with E-state index in [0.717, 1.165) is 37.9 Å². The molecule has 1 aliphatic carbocycles. The van der Waals surface area contributed by atoms with Crippen molar-refractivity contribution >= 4 is 35.2 Å². The highest BCUT2D eigenvalue weighted by atomic mass is 16.6. The number of ether oxygens (including phenoxy) is 5. The monoisotopic (exact) mass is 1040 g/mol. The summed E-state index contributed by atoms with van der Waals surface area (Å²) in [5, 5.41) is 32.9. The molecule has 16 nitrogen and oxygen atoms in total. The molecule has 5 heterocycles. The Kier molecular flexibility index (Phi) is 22.0. The summed E-state index contributed by atoms with van der Waals surface area (Å²) in [5.41, 5.74) is 1.44. The van der Waals surface area contributed by atoms with Crippen LogP contribution in [-0.4, -0.2) is 156 Å². The summed E-state index contributed by atoms with van der Waals surface area (Å²) in [6.45, 7) is 12.9. The summed E-state index contributed by atoms with van der Waals surface area (Å²) >= 11 is 0. The van der Waals surface area contributed by atoms with Crippen LogP contribution in [0.5, 0.6) is 0 Å². The number of allylic oxidation sites excluding steroid dienone is 7. The topological polar surface area (TPSA) is 216 Å². The molecule has 1 saturated carbocycles. The van der Waals surface area contributed by atoms with Gasteiger partial charge in [-0.05, 0) is 146 Å². The molecule has 5 aliphatic heterocycles. The van der Waals surface area contributed by atoms with E-state index in [-0.39, 0.29) is 55.5 Å². The molecule has 414 valence electrons. The number of nitrogens with zero attached hydrogens (tertiary/aromatic N) is 2. The maximum Gasteiger partial charge on any atom is 0.329 e. The van der Waals surface area contributed by atoms with Crippen LogP contribution in [0.25, 0.3) is 0 Å². The number of aliphatic hydroxyl groups is 3. The molecular weight excluding hydrogens is 949 g/mol. The zero-order valence-electron chi connectivity index (χ0n) is 45.5. The summed E-state index contributed by atoms with van der Waals surface area (Å²) in [4.78, 5) is 88.2. The maximum atomic E-state index is 14.6. The zero-order valence-corrected chi connectivity index (χ0v) is 45.5. The lowest BCUT2D eigenvalue weighted by Crippen LogP contribution is -2.65. The summed E-state index contributed by atoms with van der Waals surface area (Å²) in [6, 6.07) is -1.14. The lowest BCUT2D eigenvalue weighted by Gasteiger charge is -2.50. The van der Waals surface area contributed by atoms with Crippen LogP contribution >= 0.6 is 0 Å².